The van der Waals surface area contributed by atoms with Gasteiger partial charge >= 0.3 is 5.97 Å². The number of pyridine rings is 1. The highest BCUT2D eigenvalue weighted by Gasteiger charge is 2.39. The summed E-state index contributed by atoms with van der Waals surface area (Å²) in [6.45, 7) is 2.60. The number of likely N-dealkylation sites (N-methyl/N-ethyl adjacent to an activating group) is 1. The molecule has 1 N–H and O–H groups in total. The van der Waals surface area contributed by atoms with Crippen LogP contribution in [0, 0.1) is 5.92 Å². The smallest absolute Gasteiger partial charge is 0.311 e. The van der Waals surface area contributed by atoms with Gasteiger partial charge in [-0.3, -0.25) is 9.59 Å². The molecule has 1 aromatic rings. The van der Waals surface area contributed by atoms with E-state index in [1.165, 1.54) is 4.90 Å². The molecule has 6 nitrogen and oxygen atoms in total. The van der Waals surface area contributed by atoms with E-state index in [4.69, 9.17) is 4.74 Å². The van der Waals surface area contributed by atoms with Gasteiger partial charge in [0.15, 0.2) is 0 Å². The van der Waals surface area contributed by atoms with E-state index >= 15 is 0 Å². The number of aromatic nitrogens is 1. The van der Waals surface area contributed by atoms with Gasteiger partial charge < -0.3 is 14.7 Å². The Hall–Kier alpha value is -1.47. The number of halogens is 1. The quantitative estimate of drug-likeness (QED) is 0.836. The molecule has 7 heteroatoms. The van der Waals surface area contributed by atoms with Crippen LogP contribution in [-0.2, 0) is 9.53 Å². The zero-order chi connectivity index (χ0) is 14.7. The maximum Gasteiger partial charge on any atom is 0.311 e. The van der Waals surface area contributed by atoms with Crippen molar-refractivity contribution in [2.45, 2.75) is 13.0 Å². The largest absolute Gasteiger partial charge is 0.481 e. The van der Waals surface area contributed by atoms with Gasteiger partial charge in [-0.1, -0.05) is 6.07 Å². The van der Waals surface area contributed by atoms with Crippen molar-refractivity contribution in [3.63, 3.8) is 0 Å². The molecule has 20 heavy (non-hydrogen) atoms. The number of carboxylic acids is 1. The minimum absolute atomic E-state index is 0.135. The van der Waals surface area contributed by atoms with Crippen LogP contribution in [0.1, 0.15) is 17.4 Å². The Morgan fingerprint density at radius 3 is 2.85 bits per heavy atom. The van der Waals surface area contributed by atoms with Crippen LogP contribution in [-0.4, -0.2) is 52.7 Å². The molecule has 1 saturated heterocycles. The van der Waals surface area contributed by atoms with Crippen LogP contribution >= 0.6 is 15.9 Å². The van der Waals surface area contributed by atoms with Gasteiger partial charge in [0.05, 0.1) is 19.3 Å². The Labute approximate surface area is 124 Å². The molecular formula is C13H15BrN2O4. The van der Waals surface area contributed by atoms with Crippen LogP contribution < -0.4 is 0 Å². The van der Waals surface area contributed by atoms with Crippen LogP contribution in [0.2, 0.25) is 0 Å². The molecule has 2 unspecified atom stereocenters. The van der Waals surface area contributed by atoms with Crippen LogP contribution in [0.4, 0.5) is 0 Å². The first-order chi connectivity index (χ1) is 9.54. The zero-order valence-corrected chi connectivity index (χ0v) is 12.5. The highest BCUT2D eigenvalue weighted by atomic mass is 79.9. The van der Waals surface area contributed by atoms with Gasteiger partial charge in [0, 0.05) is 6.54 Å². The van der Waals surface area contributed by atoms with Crippen molar-refractivity contribution in [1.29, 1.82) is 0 Å². The van der Waals surface area contributed by atoms with Crippen molar-refractivity contribution < 1.29 is 19.4 Å². The van der Waals surface area contributed by atoms with E-state index in [2.05, 4.69) is 20.9 Å². The maximum absolute atomic E-state index is 12.5. The maximum atomic E-state index is 12.5. The number of aliphatic carboxylic acids is 1. The summed E-state index contributed by atoms with van der Waals surface area (Å²) in [5.41, 5.74) is 0.289. The molecule has 1 amide bonds. The molecule has 2 atom stereocenters. The summed E-state index contributed by atoms with van der Waals surface area (Å²) < 4.78 is 5.79. The number of hydrogen-bond donors (Lipinski definition) is 1. The van der Waals surface area contributed by atoms with Crippen molar-refractivity contribution in [3.05, 3.63) is 28.5 Å². The number of nitrogens with zero attached hydrogens (tertiary/aromatic N) is 2. The third-order valence-electron chi connectivity index (χ3n) is 3.30. The molecule has 2 rings (SSSR count). The summed E-state index contributed by atoms with van der Waals surface area (Å²) in [5, 5.41) is 9.18. The molecule has 0 saturated carbocycles. The summed E-state index contributed by atoms with van der Waals surface area (Å²) in [5.74, 6) is -1.91. The molecule has 0 spiro atoms. The van der Waals surface area contributed by atoms with E-state index in [1.54, 1.807) is 18.2 Å². The summed E-state index contributed by atoms with van der Waals surface area (Å²) in [4.78, 5) is 29.3. The standard InChI is InChI=1S/C13H15BrN2O4/c1-2-16(10-7-20-6-8(10)13(18)19)12(17)9-4-3-5-11(14)15-9/h3-5,8,10H,2,6-7H2,1H3,(H,18,19). The summed E-state index contributed by atoms with van der Waals surface area (Å²) in [6, 6.07) is 4.61. The van der Waals surface area contributed by atoms with Gasteiger partial charge in [-0.15, -0.1) is 0 Å². The summed E-state index contributed by atoms with van der Waals surface area (Å²) >= 11 is 3.22. The predicted octanol–water partition coefficient (Wildman–Crippen LogP) is 1.41. The highest BCUT2D eigenvalue weighted by molar-refractivity contribution is 9.10. The monoisotopic (exact) mass is 342 g/mol. The number of ether oxygens (including phenoxy) is 1. The molecule has 0 aromatic carbocycles. The van der Waals surface area contributed by atoms with E-state index in [0.717, 1.165) is 0 Å². The minimum Gasteiger partial charge on any atom is -0.481 e. The Morgan fingerprint density at radius 1 is 1.50 bits per heavy atom. The molecule has 1 aromatic heterocycles. The third-order valence-corrected chi connectivity index (χ3v) is 3.75. The first kappa shape index (κ1) is 14.9. The Kier molecular flexibility index (Phi) is 4.72. The van der Waals surface area contributed by atoms with E-state index in [-0.39, 0.29) is 24.8 Å². The fourth-order valence-corrected chi connectivity index (χ4v) is 2.63. The Balaban J connectivity index is 2.23. The molecule has 1 aliphatic rings. The Morgan fingerprint density at radius 2 is 2.25 bits per heavy atom. The lowest BCUT2D eigenvalue weighted by atomic mass is 10.0. The van der Waals surface area contributed by atoms with Crippen molar-refractivity contribution in [2.24, 2.45) is 5.92 Å². The number of carbonyl (C=O) groups excluding carboxylic acids is 1. The number of hydrogen-bond acceptors (Lipinski definition) is 4. The van der Waals surface area contributed by atoms with E-state index in [9.17, 15) is 14.7 Å². The minimum atomic E-state index is -0.944. The SMILES string of the molecule is CCN(C(=O)c1cccc(Br)n1)C1COCC1C(=O)O. The van der Waals surface area contributed by atoms with Crippen LogP contribution in [0.3, 0.4) is 0 Å². The van der Waals surface area contributed by atoms with E-state index in [0.29, 0.717) is 11.1 Å². The van der Waals surface area contributed by atoms with Crippen LogP contribution in [0.15, 0.2) is 22.8 Å². The summed E-state index contributed by atoms with van der Waals surface area (Å²) in [7, 11) is 0. The average Bonchev–Trinajstić information content (AvgIpc) is 2.89. The number of carboxylic acid groups (broad SMARTS) is 1. The van der Waals surface area contributed by atoms with Crippen LogP contribution in [0.25, 0.3) is 0 Å². The lowest BCUT2D eigenvalue weighted by Gasteiger charge is -2.29. The predicted molar refractivity (Wildman–Crippen MR) is 74.4 cm³/mol. The molecule has 0 aliphatic carbocycles. The van der Waals surface area contributed by atoms with Crippen molar-refractivity contribution in [1.82, 2.24) is 9.88 Å². The summed E-state index contributed by atoms with van der Waals surface area (Å²) in [6.07, 6.45) is 0. The molecular weight excluding hydrogens is 328 g/mol. The molecule has 2 heterocycles. The lowest BCUT2D eigenvalue weighted by Crippen LogP contribution is -2.46. The van der Waals surface area contributed by atoms with Crippen LogP contribution in [0.5, 0.6) is 0 Å². The molecule has 108 valence electrons. The van der Waals surface area contributed by atoms with Gasteiger partial charge in [-0.05, 0) is 35.0 Å². The fraction of sp³-hybridized carbons (Fsp3) is 0.462. The first-order valence-electron chi connectivity index (χ1n) is 6.28. The zero-order valence-electron chi connectivity index (χ0n) is 11.0. The van der Waals surface area contributed by atoms with E-state index in [1.807, 2.05) is 6.92 Å². The van der Waals surface area contributed by atoms with E-state index < -0.39 is 17.9 Å². The van der Waals surface area contributed by atoms with Crippen molar-refractivity contribution in [3.8, 4) is 0 Å². The third kappa shape index (κ3) is 2.99. The molecule has 0 radical (unpaired) electrons. The average molecular weight is 343 g/mol. The normalized spacial score (nSPS) is 21.7. The second kappa shape index (κ2) is 6.32. The topological polar surface area (TPSA) is 79.7 Å². The van der Waals surface area contributed by atoms with Gasteiger partial charge in [-0.2, -0.15) is 0 Å². The Bertz CT molecular complexity index is 523. The highest BCUT2D eigenvalue weighted by Crippen LogP contribution is 2.22. The van der Waals surface area contributed by atoms with Gasteiger partial charge in [0.1, 0.15) is 16.2 Å². The van der Waals surface area contributed by atoms with Crippen molar-refractivity contribution >= 4 is 27.8 Å². The van der Waals surface area contributed by atoms with Crippen molar-refractivity contribution in [2.75, 3.05) is 19.8 Å². The number of carbonyl (C=O) groups is 2. The second-order valence-electron chi connectivity index (χ2n) is 4.49. The first-order valence-corrected chi connectivity index (χ1v) is 7.08. The molecule has 1 aliphatic heterocycles. The second-order valence-corrected chi connectivity index (χ2v) is 5.30. The number of amides is 1. The molecule has 0 bridgehead atoms. The number of rotatable bonds is 4. The van der Waals surface area contributed by atoms with Gasteiger partial charge in [0.25, 0.3) is 5.91 Å². The fourth-order valence-electron chi connectivity index (χ4n) is 2.29. The molecule has 1 fully saturated rings. The van der Waals surface area contributed by atoms with Gasteiger partial charge in [-0.25, -0.2) is 4.98 Å². The lowest BCUT2D eigenvalue weighted by molar-refractivity contribution is -0.142. The van der Waals surface area contributed by atoms with Gasteiger partial charge in [0.2, 0.25) is 0 Å².